The predicted octanol–water partition coefficient (Wildman–Crippen LogP) is 3.65. The van der Waals surface area contributed by atoms with Gasteiger partial charge in [0.2, 0.25) is 11.7 Å². The fourth-order valence-electron chi connectivity index (χ4n) is 2.69. The Morgan fingerprint density at radius 3 is 2.70 bits per heavy atom. The van der Waals surface area contributed by atoms with Gasteiger partial charge in [-0.05, 0) is 30.3 Å². The van der Waals surface area contributed by atoms with Crippen molar-refractivity contribution in [2.45, 2.75) is 6.61 Å². The van der Waals surface area contributed by atoms with Gasteiger partial charge in [-0.15, -0.1) is 0 Å². The van der Waals surface area contributed by atoms with Gasteiger partial charge in [0.25, 0.3) is 5.89 Å². The fraction of sp³-hybridized carbons (Fsp3) is 0.143. The van der Waals surface area contributed by atoms with Crippen LogP contribution < -0.4 is 9.47 Å². The van der Waals surface area contributed by atoms with Crippen molar-refractivity contribution in [2.75, 3.05) is 14.2 Å². The van der Waals surface area contributed by atoms with Gasteiger partial charge in [-0.1, -0.05) is 17.3 Å². The average molecular weight is 407 g/mol. The molecule has 4 rings (SSSR count). The van der Waals surface area contributed by atoms with Crippen molar-refractivity contribution in [2.24, 2.45) is 0 Å². The summed E-state index contributed by atoms with van der Waals surface area (Å²) in [6.07, 6.45) is 2.65. The molecule has 0 radical (unpaired) electrons. The summed E-state index contributed by atoms with van der Waals surface area (Å²) in [5.74, 6) is 1.33. The fourth-order valence-corrected chi connectivity index (χ4v) is 2.69. The predicted molar refractivity (Wildman–Crippen MR) is 106 cm³/mol. The van der Waals surface area contributed by atoms with Crippen LogP contribution in [0, 0.1) is 0 Å². The van der Waals surface area contributed by atoms with Gasteiger partial charge in [0, 0.05) is 17.7 Å². The summed E-state index contributed by atoms with van der Waals surface area (Å²) in [6, 6.07) is 12.5. The number of ether oxygens (including phenoxy) is 3. The van der Waals surface area contributed by atoms with Crippen molar-refractivity contribution in [1.82, 2.24) is 15.1 Å². The quantitative estimate of drug-likeness (QED) is 0.335. The van der Waals surface area contributed by atoms with Gasteiger partial charge in [0.05, 0.1) is 14.2 Å². The summed E-state index contributed by atoms with van der Waals surface area (Å²) in [7, 11) is 3.09. The molecule has 0 aliphatic heterocycles. The Hall–Kier alpha value is -4.14. The Bertz CT molecular complexity index is 1180. The Labute approximate surface area is 170 Å². The first-order chi connectivity index (χ1) is 14.7. The highest BCUT2D eigenvalue weighted by molar-refractivity contribution is 5.86. The molecule has 0 unspecified atom stereocenters. The highest BCUT2D eigenvalue weighted by Gasteiger charge is 2.13. The molecule has 0 aliphatic carbocycles. The van der Waals surface area contributed by atoms with Gasteiger partial charge in [0.15, 0.2) is 23.7 Å². The van der Waals surface area contributed by atoms with E-state index in [1.54, 1.807) is 31.4 Å². The number of oxazole rings is 1. The molecule has 0 amide bonds. The number of carbonyl (C=O) groups is 1. The van der Waals surface area contributed by atoms with Crippen LogP contribution in [0.25, 0.3) is 28.6 Å². The zero-order chi connectivity index (χ0) is 20.9. The molecule has 0 saturated carbocycles. The van der Waals surface area contributed by atoms with E-state index in [1.165, 1.54) is 19.3 Å². The van der Waals surface area contributed by atoms with E-state index in [0.29, 0.717) is 39.9 Å². The highest BCUT2D eigenvalue weighted by atomic mass is 16.6. The van der Waals surface area contributed by atoms with Crippen molar-refractivity contribution in [3.8, 4) is 22.9 Å². The zero-order valence-corrected chi connectivity index (χ0v) is 16.2. The number of para-hydroxylation sites is 2. The van der Waals surface area contributed by atoms with Gasteiger partial charge in [0.1, 0.15) is 5.52 Å². The van der Waals surface area contributed by atoms with Crippen LogP contribution in [0.15, 0.2) is 57.5 Å². The molecule has 2 aromatic carbocycles. The van der Waals surface area contributed by atoms with E-state index in [9.17, 15) is 4.79 Å². The molecule has 2 heterocycles. The molecule has 2 aromatic heterocycles. The molecule has 30 heavy (non-hydrogen) atoms. The average Bonchev–Trinajstić information content (AvgIpc) is 3.42. The SMILES string of the molecule is COc1ccc(-c2noc(COC(=O)/C=C/c3nc4ccccc4o3)n2)cc1OC. The Balaban J connectivity index is 1.37. The van der Waals surface area contributed by atoms with Crippen LogP contribution in [0.5, 0.6) is 11.5 Å². The lowest BCUT2D eigenvalue weighted by Gasteiger charge is -2.07. The second kappa shape index (κ2) is 8.48. The Morgan fingerprint density at radius 2 is 1.90 bits per heavy atom. The molecule has 0 aliphatic rings. The molecular weight excluding hydrogens is 390 g/mol. The van der Waals surface area contributed by atoms with Gasteiger partial charge in [-0.25, -0.2) is 9.78 Å². The summed E-state index contributed by atoms with van der Waals surface area (Å²) in [6.45, 7) is -0.170. The van der Waals surface area contributed by atoms with Gasteiger partial charge in [-0.3, -0.25) is 0 Å². The van der Waals surface area contributed by atoms with Crippen molar-refractivity contribution in [1.29, 1.82) is 0 Å². The number of fused-ring (bicyclic) bond motifs is 1. The number of carbonyl (C=O) groups excluding carboxylic acids is 1. The number of aromatic nitrogens is 3. The van der Waals surface area contributed by atoms with E-state index < -0.39 is 5.97 Å². The second-order valence-corrected chi connectivity index (χ2v) is 6.04. The number of methoxy groups -OCH3 is 2. The molecule has 0 saturated heterocycles. The van der Waals surface area contributed by atoms with Crippen LogP contribution in [0.2, 0.25) is 0 Å². The third-order valence-electron chi connectivity index (χ3n) is 4.12. The number of nitrogens with zero attached hydrogens (tertiary/aromatic N) is 3. The molecule has 0 spiro atoms. The number of hydrogen-bond acceptors (Lipinski definition) is 9. The summed E-state index contributed by atoms with van der Waals surface area (Å²) in [4.78, 5) is 20.4. The Morgan fingerprint density at radius 1 is 1.07 bits per heavy atom. The van der Waals surface area contributed by atoms with Crippen molar-refractivity contribution in [3.63, 3.8) is 0 Å². The number of esters is 1. The lowest BCUT2D eigenvalue weighted by Crippen LogP contribution is -2.01. The van der Waals surface area contributed by atoms with Crippen LogP contribution in [0.1, 0.15) is 11.8 Å². The molecule has 4 aromatic rings. The van der Waals surface area contributed by atoms with Crippen molar-refractivity contribution in [3.05, 3.63) is 60.3 Å². The topological polar surface area (TPSA) is 110 Å². The van der Waals surface area contributed by atoms with Gasteiger partial charge < -0.3 is 23.2 Å². The Kier molecular flexibility index (Phi) is 5.42. The van der Waals surface area contributed by atoms with Gasteiger partial charge >= 0.3 is 5.97 Å². The molecular formula is C21H17N3O6. The molecule has 9 heteroatoms. The van der Waals surface area contributed by atoms with Crippen LogP contribution in [0.3, 0.4) is 0 Å². The molecule has 0 N–H and O–H groups in total. The summed E-state index contributed by atoms with van der Waals surface area (Å²) in [5, 5.41) is 3.90. The monoisotopic (exact) mass is 407 g/mol. The lowest BCUT2D eigenvalue weighted by molar-refractivity contribution is -0.139. The maximum absolute atomic E-state index is 11.9. The molecule has 0 atom stereocenters. The lowest BCUT2D eigenvalue weighted by atomic mass is 10.2. The first-order valence-electron chi connectivity index (χ1n) is 8.91. The van der Waals surface area contributed by atoms with Crippen molar-refractivity contribution < 1.29 is 27.9 Å². The standard InChI is InChI=1S/C21H17N3O6/c1-26-16-8-7-13(11-17(16)27-2)21-23-19(30-24-21)12-28-20(25)10-9-18-22-14-5-3-4-6-15(14)29-18/h3-11H,12H2,1-2H3/b10-9+. The van der Waals surface area contributed by atoms with E-state index in [0.717, 1.165) is 0 Å². The normalized spacial score (nSPS) is 11.1. The van der Waals surface area contributed by atoms with E-state index in [4.69, 9.17) is 23.2 Å². The van der Waals surface area contributed by atoms with Crippen LogP contribution in [-0.4, -0.2) is 35.3 Å². The van der Waals surface area contributed by atoms with Crippen LogP contribution in [-0.2, 0) is 16.1 Å². The van der Waals surface area contributed by atoms with Crippen molar-refractivity contribution >= 4 is 23.1 Å². The van der Waals surface area contributed by atoms with Crippen LogP contribution >= 0.6 is 0 Å². The minimum atomic E-state index is -0.594. The maximum Gasteiger partial charge on any atom is 0.331 e. The second-order valence-electron chi connectivity index (χ2n) is 6.04. The maximum atomic E-state index is 11.9. The van der Waals surface area contributed by atoms with Gasteiger partial charge in [-0.2, -0.15) is 4.98 Å². The minimum absolute atomic E-state index is 0.156. The third kappa shape index (κ3) is 4.14. The number of rotatable bonds is 7. The molecule has 152 valence electrons. The van der Waals surface area contributed by atoms with E-state index in [2.05, 4.69) is 15.1 Å². The van der Waals surface area contributed by atoms with E-state index in [-0.39, 0.29) is 12.5 Å². The minimum Gasteiger partial charge on any atom is -0.493 e. The number of hydrogen-bond donors (Lipinski definition) is 0. The number of benzene rings is 2. The van der Waals surface area contributed by atoms with E-state index >= 15 is 0 Å². The first kappa shape index (κ1) is 19.2. The molecule has 0 bridgehead atoms. The zero-order valence-electron chi connectivity index (χ0n) is 16.2. The smallest absolute Gasteiger partial charge is 0.331 e. The summed E-state index contributed by atoms with van der Waals surface area (Å²) in [5.41, 5.74) is 2.02. The largest absolute Gasteiger partial charge is 0.493 e. The third-order valence-corrected chi connectivity index (χ3v) is 4.12. The first-order valence-corrected chi connectivity index (χ1v) is 8.91. The molecule has 9 nitrogen and oxygen atoms in total. The highest BCUT2D eigenvalue weighted by Crippen LogP contribution is 2.31. The summed E-state index contributed by atoms with van der Waals surface area (Å²) < 4.78 is 26.2. The summed E-state index contributed by atoms with van der Waals surface area (Å²) >= 11 is 0. The molecule has 0 fully saturated rings. The van der Waals surface area contributed by atoms with E-state index in [1.807, 2.05) is 18.2 Å². The van der Waals surface area contributed by atoms with Crippen LogP contribution in [0.4, 0.5) is 0 Å².